The molecule has 0 radical (unpaired) electrons. The first-order valence-corrected chi connectivity index (χ1v) is 8.89. The minimum Gasteiger partial charge on any atom is -0.487 e. The van der Waals surface area contributed by atoms with Gasteiger partial charge >= 0.3 is 0 Å². The number of ether oxygens (including phenoxy) is 1. The number of nitrogens with one attached hydrogen (secondary N) is 1. The molecule has 3 heterocycles. The lowest BCUT2D eigenvalue weighted by Crippen LogP contribution is -2.21. The van der Waals surface area contributed by atoms with E-state index in [9.17, 15) is 0 Å². The molecule has 3 aromatic rings. The Morgan fingerprint density at radius 1 is 1.22 bits per heavy atom. The number of aliphatic hydroxyl groups excluding tert-OH is 1. The van der Waals surface area contributed by atoms with Crippen LogP contribution in [0.15, 0.2) is 60.0 Å². The second-order valence-electron chi connectivity index (χ2n) is 6.39. The Morgan fingerprint density at radius 3 is 2.96 bits per heavy atom. The summed E-state index contributed by atoms with van der Waals surface area (Å²) < 4.78 is 5.88. The fraction of sp³-hybridized carbons (Fsp3) is 0.250. The van der Waals surface area contributed by atoms with Crippen LogP contribution in [0.4, 0.5) is 0 Å². The zero-order chi connectivity index (χ0) is 18.5. The summed E-state index contributed by atoms with van der Waals surface area (Å²) in [5.41, 5.74) is 4.00. The van der Waals surface area contributed by atoms with E-state index in [1.54, 1.807) is 12.4 Å². The van der Waals surface area contributed by atoms with Gasteiger partial charge in [0.05, 0.1) is 30.7 Å². The van der Waals surface area contributed by atoms with Crippen molar-refractivity contribution >= 4 is 6.21 Å². The van der Waals surface area contributed by atoms with Crippen LogP contribution in [0.2, 0.25) is 0 Å². The number of hydrogen-bond donors (Lipinski definition) is 2. The van der Waals surface area contributed by atoms with E-state index in [0.29, 0.717) is 13.2 Å². The predicted molar refractivity (Wildman–Crippen MR) is 102 cm³/mol. The Balaban J connectivity index is 1.37. The van der Waals surface area contributed by atoms with Crippen molar-refractivity contribution < 1.29 is 9.84 Å². The molecule has 1 aliphatic heterocycles. The van der Waals surface area contributed by atoms with Crippen LogP contribution in [0.1, 0.15) is 17.0 Å². The third-order valence-electron chi connectivity index (χ3n) is 4.47. The number of hydrogen-bond acceptors (Lipinski definition) is 6. The zero-order valence-corrected chi connectivity index (χ0v) is 14.8. The van der Waals surface area contributed by atoms with Crippen molar-refractivity contribution in [3.63, 3.8) is 0 Å². The van der Waals surface area contributed by atoms with Crippen molar-refractivity contribution in [3.05, 3.63) is 66.0 Å². The molecule has 2 aromatic heterocycles. The summed E-state index contributed by atoms with van der Waals surface area (Å²) in [5.74, 6) is 0.965. The van der Waals surface area contributed by atoms with E-state index in [2.05, 4.69) is 32.4 Å². The molecule has 7 nitrogen and oxygen atoms in total. The number of pyridine rings is 1. The van der Waals surface area contributed by atoms with Crippen LogP contribution in [0.25, 0.3) is 11.4 Å². The van der Waals surface area contributed by atoms with Crippen molar-refractivity contribution in [2.75, 3.05) is 19.7 Å². The largest absolute Gasteiger partial charge is 0.487 e. The van der Waals surface area contributed by atoms with Crippen LogP contribution in [-0.4, -0.2) is 51.2 Å². The molecule has 1 unspecified atom stereocenters. The summed E-state index contributed by atoms with van der Waals surface area (Å²) in [6.07, 6.45) is 5.36. The highest BCUT2D eigenvalue weighted by molar-refractivity contribution is 5.69. The Labute approximate surface area is 157 Å². The van der Waals surface area contributed by atoms with Gasteiger partial charge < -0.3 is 9.84 Å². The fourth-order valence-corrected chi connectivity index (χ4v) is 3.06. The number of benzene rings is 1. The van der Waals surface area contributed by atoms with Gasteiger partial charge in [-0.25, -0.2) is 0 Å². The number of aromatic nitrogens is 3. The van der Waals surface area contributed by atoms with E-state index in [1.807, 2.05) is 41.6 Å². The van der Waals surface area contributed by atoms with Gasteiger partial charge in [0.25, 0.3) is 0 Å². The summed E-state index contributed by atoms with van der Waals surface area (Å²) in [7, 11) is 0. The minimum atomic E-state index is 0.116. The molecular weight excluding hydrogens is 342 g/mol. The lowest BCUT2D eigenvalue weighted by atomic mass is 9.99. The number of aromatic amines is 1. The molecule has 1 aliphatic rings. The first-order valence-electron chi connectivity index (χ1n) is 8.89. The number of β-amino-alcohol motifs (C(OH)–C–C–N with tert-alkyl or cyclic N) is 1. The molecule has 0 aliphatic carbocycles. The van der Waals surface area contributed by atoms with E-state index >= 15 is 0 Å². The standard InChI is InChI=1S/C20H21N5O2/c26-9-8-25-13-17(11-23-25)16-3-1-2-15(10-16)14-27-18-4-5-19(21-12-18)20-6-7-22-24-20/h1-7,10-12,17,26H,8-9,13-14H2,(H,22,24). The van der Waals surface area contributed by atoms with Gasteiger partial charge in [0.15, 0.2) is 0 Å². The maximum atomic E-state index is 9.03. The summed E-state index contributed by atoms with van der Waals surface area (Å²) in [4.78, 5) is 4.40. The maximum Gasteiger partial charge on any atom is 0.138 e. The predicted octanol–water partition coefficient (Wildman–Crippen LogP) is 2.43. The van der Waals surface area contributed by atoms with Gasteiger partial charge in [-0.3, -0.25) is 15.1 Å². The molecule has 0 spiro atoms. The van der Waals surface area contributed by atoms with Gasteiger partial charge in [-0.05, 0) is 29.3 Å². The third kappa shape index (κ3) is 4.15. The molecule has 2 N–H and O–H groups in total. The average Bonchev–Trinajstić information content (AvgIpc) is 3.40. The van der Waals surface area contributed by atoms with E-state index in [1.165, 1.54) is 5.56 Å². The first-order chi connectivity index (χ1) is 13.3. The molecule has 1 aromatic carbocycles. The maximum absolute atomic E-state index is 9.03. The van der Waals surface area contributed by atoms with Crippen LogP contribution in [0.3, 0.4) is 0 Å². The van der Waals surface area contributed by atoms with Gasteiger partial charge in [0, 0.05) is 24.9 Å². The van der Waals surface area contributed by atoms with Crippen molar-refractivity contribution in [1.82, 2.24) is 20.2 Å². The number of rotatable bonds is 7. The van der Waals surface area contributed by atoms with Crippen LogP contribution in [0, 0.1) is 0 Å². The average molecular weight is 363 g/mol. The summed E-state index contributed by atoms with van der Waals surface area (Å²) >= 11 is 0. The lowest BCUT2D eigenvalue weighted by molar-refractivity contribution is 0.210. The Bertz CT molecular complexity index is 893. The van der Waals surface area contributed by atoms with Crippen molar-refractivity contribution in [2.45, 2.75) is 12.5 Å². The number of nitrogens with zero attached hydrogens (tertiary/aromatic N) is 4. The number of aliphatic hydroxyl groups is 1. The summed E-state index contributed by atoms with van der Waals surface area (Å²) in [6, 6.07) is 14.0. The monoisotopic (exact) mass is 363 g/mol. The van der Waals surface area contributed by atoms with E-state index in [0.717, 1.165) is 29.2 Å². The molecule has 1 atom stereocenters. The molecule has 0 fully saturated rings. The van der Waals surface area contributed by atoms with Crippen LogP contribution in [0.5, 0.6) is 5.75 Å². The molecular formula is C20H21N5O2. The summed E-state index contributed by atoms with van der Waals surface area (Å²) in [6.45, 7) is 1.95. The smallest absolute Gasteiger partial charge is 0.138 e. The quantitative estimate of drug-likeness (QED) is 0.673. The topological polar surface area (TPSA) is 86.6 Å². The van der Waals surface area contributed by atoms with Gasteiger partial charge in [-0.1, -0.05) is 24.3 Å². The molecule has 4 rings (SSSR count). The fourth-order valence-electron chi connectivity index (χ4n) is 3.06. The summed E-state index contributed by atoms with van der Waals surface area (Å²) in [5, 5.41) is 22.1. The zero-order valence-electron chi connectivity index (χ0n) is 14.8. The molecule has 138 valence electrons. The van der Waals surface area contributed by atoms with Gasteiger partial charge in [0.2, 0.25) is 0 Å². The van der Waals surface area contributed by atoms with E-state index in [4.69, 9.17) is 9.84 Å². The minimum absolute atomic E-state index is 0.116. The third-order valence-corrected chi connectivity index (χ3v) is 4.47. The highest BCUT2D eigenvalue weighted by Gasteiger charge is 2.19. The highest BCUT2D eigenvalue weighted by Crippen LogP contribution is 2.22. The van der Waals surface area contributed by atoms with Crippen LogP contribution < -0.4 is 4.74 Å². The number of H-pyrrole nitrogens is 1. The molecule has 27 heavy (non-hydrogen) atoms. The van der Waals surface area contributed by atoms with Crippen molar-refractivity contribution in [2.24, 2.45) is 5.10 Å². The first kappa shape index (κ1) is 17.2. The van der Waals surface area contributed by atoms with Gasteiger partial charge in [-0.2, -0.15) is 10.2 Å². The van der Waals surface area contributed by atoms with Crippen molar-refractivity contribution in [1.29, 1.82) is 0 Å². The molecule has 0 bridgehead atoms. The van der Waals surface area contributed by atoms with Gasteiger partial charge in [0.1, 0.15) is 12.4 Å². The normalized spacial score (nSPS) is 16.0. The Morgan fingerprint density at radius 2 is 2.19 bits per heavy atom. The Kier molecular flexibility index (Phi) is 5.11. The number of hydrazone groups is 1. The van der Waals surface area contributed by atoms with Gasteiger partial charge in [-0.15, -0.1) is 0 Å². The second kappa shape index (κ2) is 8.01. The highest BCUT2D eigenvalue weighted by atomic mass is 16.5. The Hall–Kier alpha value is -3.19. The molecule has 0 saturated carbocycles. The van der Waals surface area contributed by atoms with Crippen molar-refractivity contribution in [3.8, 4) is 17.1 Å². The lowest BCUT2D eigenvalue weighted by Gasteiger charge is -2.15. The second-order valence-corrected chi connectivity index (χ2v) is 6.39. The molecule has 0 amide bonds. The molecule has 0 saturated heterocycles. The van der Waals surface area contributed by atoms with E-state index in [-0.39, 0.29) is 12.5 Å². The van der Waals surface area contributed by atoms with E-state index < -0.39 is 0 Å². The van der Waals surface area contributed by atoms with Crippen LogP contribution >= 0.6 is 0 Å². The van der Waals surface area contributed by atoms with Crippen LogP contribution in [-0.2, 0) is 6.61 Å². The SMILES string of the molecule is OCCN1CC(c2cccc(COc3ccc(-c4ccn[nH]4)nc3)c2)C=N1. The molecule has 7 heteroatoms.